The van der Waals surface area contributed by atoms with Crippen molar-refractivity contribution in [2.45, 2.75) is 25.4 Å². The molecule has 1 aliphatic rings. The van der Waals surface area contributed by atoms with Crippen LogP contribution < -0.4 is 10.9 Å². The molecule has 1 aromatic heterocycles. The number of carbonyl (C=O) groups excluding carboxylic acids is 1. The molecule has 3 aromatic rings. The standard InChI is InChI=1S/C21H18FN3O2/c22-16-8-5-15(6-9-16)18-11-12-21(27)25(24-18)13-20(26)23-19-10-7-14-3-1-2-4-17(14)19/h1-6,8-9,11-12,19H,7,10,13H2,(H,23,26)/t19-/m1/s1. The molecule has 0 spiro atoms. The van der Waals surface area contributed by atoms with Crippen molar-refractivity contribution in [2.75, 3.05) is 0 Å². The summed E-state index contributed by atoms with van der Waals surface area (Å²) in [5, 5.41) is 7.24. The highest BCUT2D eigenvalue weighted by molar-refractivity contribution is 5.76. The summed E-state index contributed by atoms with van der Waals surface area (Å²) in [4.78, 5) is 24.6. The smallest absolute Gasteiger partial charge is 0.267 e. The normalized spacial score (nSPS) is 15.4. The molecule has 0 saturated carbocycles. The molecule has 1 heterocycles. The van der Waals surface area contributed by atoms with E-state index in [0.717, 1.165) is 23.1 Å². The first-order valence-corrected chi connectivity index (χ1v) is 8.81. The van der Waals surface area contributed by atoms with E-state index in [2.05, 4.69) is 16.5 Å². The summed E-state index contributed by atoms with van der Waals surface area (Å²) >= 11 is 0. The fraction of sp³-hybridized carbons (Fsp3) is 0.190. The van der Waals surface area contributed by atoms with E-state index < -0.39 is 0 Å². The molecular formula is C21H18FN3O2. The van der Waals surface area contributed by atoms with Gasteiger partial charge < -0.3 is 5.32 Å². The number of carbonyl (C=O) groups is 1. The van der Waals surface area contributed by atoms with E-state index in [9.17, 15) is 14.0 Å². The van der Waals surface area contributed by atoms with Crippen molar-refractivity contribution in [3.8, 4) is 11.3 Å². The molecule has 1 aliphatic carbocycles. The largest absolute Gasteiger partial charge is 0.348 e. The van der Waals surface area contributed by atoms with Gasteiger partial charge in [-0.3, -0.25) is 9.59 Å². The third-order valence-electron chi connectivity index (χ3n) is 4.77. The van der Waals surface area contributed by atoms with Gasteiger partial charge in [0.15, 0.2) is 0 Å². The fourth-order valence-electron chi connectivity index (χ4n) is 3.42. The zero-order valence-corrected chi connectivity index (χ0v) is 14.6. The Kier molecular flexibility index (Phi) is 4.54. The molecule has 6 heteroatoms. The van der Waals surface area contributed by atoms with Crippen LogP contribution in [0.3, 0.4) is 0 Å². The number of hydrogen-bond donors (Lipinski definition) is 1. The predicted octanol–water partition coefficient (Wildman–Crippen LogP) is 2.85. The van der Waals surface area contributed by atoms with Gasteiger partial charge >= 0.3 is 0 Å². The molecule has 4 rings (SSSR count). The second kappa shape index (κ2) is 7.15. The van der Waals surface area contributed by atoms with Gasteiger partial charge in [-0.15, -0.1) is 0 Å². The average molecular weight is 363 g/mol. The van der Waals surface area contributed by atoms with Crippen molar-refractivity contribution >= 4 is 5.91 Å². The van der Waals surface area contributed by atoms with Crippen molar-refractivity contribution < 1.29 is 9.18 Å². The SMILES string of the molecule is O=C(Cn1nc(-c2ccc(F)cc2)ccc1=O)N[C@@H]1CCc2ccccc21. The number of halogens is 1. The Morgan fingerprint density at radius 2 is 1.89 bits per heavy atom. The zero-order chi connectivity index (χ0) is 18.8. The minimum atomic E-state index is -0.358. The topological polar surface area (TPSA) is 64.0 Å². The van der Waals surface area contributed by atoms with Crippen LogP contribution in [0.1, 0.15) is 23.6 Å². The minimum absolute atomic E-state index is 0.0373. The van der Waals surface area contributed by atoms with Crippen molar-refractivity contribution in [3.63, 3.8) is 0 Å². The molecular weight excluding hydrogens is 345 g/mol. The third kappa shape index (κ3) is 3.65. The summed E-state index contributed by atoms with van der Waals surface area (Å²) < 4.78 is 14.2. The molecule has 136 valence electrons. The second-order valence-corrected chi connectivity index (χ2v) is 6.58. The number of aryl methyl sites for hydroxylation is 1. The predicted molar refractivity (Wildman–Crippen MR) is 99.5 cm³/mol. The van der Waals surface area contributed by atoms with Gasteiger partial charge in [-0.1, -0.05) is 24.3 Å². The lowest BCUT2D eigenvalue weighted by Gasteiger charge is -2.14. The summed E-state index contributed by atoms with van der Waals surface area (Å²) in [7, 11) is 0. The van der Waals surface area contributed by atoms with Crippen LogP contribution in [-0.4, -0.2) is 15.7 Å². The lowest BCUT2D eigenvalue weighted by atomic mass is 10.1. The van der Waals surface area contributed by atoms with Gasteiger partial charge in [0, 0.05) is 11.6 Å². The molecule has 0 bridgehead atoms. The van der Waals surface area contributed by atoms with Gasteiger partial charge in [0.25, 0.3) is 5.56 Å². The van der Waals surface area contributed by atoms with E-state index in [1.807, 2.05) is 18.2 Å². The summed E-state index contributed by atoms with van der Waals surface area (Å²) in [5.74, 6) is -0.606. The summed E-state index contributed by atoms with van der Waals surface area (Å²) in [5.41, 5.74) is 3.20. The van der Waals surface area contributed by atoms with Gasteiger partial charge in [0.2, 0.25) is 5.91 Å². The van der Waals surface area contributed by atoms with Gasteiger partial charge in [0.1, 0.15) is 12.4 Å². The third-order valence-corrected chi connectivity index (χ3v) is 4.77. The Bertz CT molecular complexity index is 1040. The Morgan fingerprint density at radius 3 is 2.70 bits per heavy atom. The van der Waals surface area contributed by atoms with Gasteiger partial charge in [-0.2, -0.15) is 5.10 Å². The monoisotopic (exact) mass is 363 g/mol. The second-order valence-electron chi connectivity index (χ2n) is 6.58. The van der Waals surface area contributed by atoms with Crippen LogP contribution in [-0.2, 0) is 17.8 Å². The maximum atomic E-state index is 13.1. The highest BCUT2D eigenvalue weighted by Crippen LogP contribution is 2.30. The van der Waals surface area contributed by atoms with Crippen molar-refractivity contribution in [3.05, 3.63) is 88.0 Å². The van der Waals surface area contributed by atoms with Crippen molar-refractivity contribution in [1.82, 2.24) is 15.1 Å². The fourth-order valence-corrected chi connectivity index (χ4v) is 3.42. The summed E-state index contributed by atoms with van der Waals surface area (Å²) in [6.45, 7) is -0.160. The van der Waals surface area contributed by atoms with Crippen LogP contribution in [0.4, 0.5) is 4.39 Å². The number of rotatable bonds is 4. The number of hydrogen-bond acceptors (Lipinski definition) is 3. The van der Waals surface area contributed by atoms with Crippen LogP contribution in [0.2, 0.25) is 0 Å². The number of benzene rings is 2. The number of fused-ring (bicyclic) bond motifs is 1. The minimum Gasteiger partial charge on any atom is -0.348 e. The van der Waals surface area contributed by atoms with Crippen LogP contribution >= 0.6 is 0 Å². The van der Waals surface area contributed by atoms with Crippen LogP contribution in [0.25, 0.3) is 11.3 Å². The van der Waals surface area contributed by atoms with Gasteiger partial charge in [-0.25, -0.2) is 9.07 Å². The first kappa shape index (κ1) is 17.1. The van der Waals surface area contributed by atoms with E-state index >= 15 is 0 Å². The molecule has 0 aliphatic heterocycles. The summed E-state index contributed by atoms with van der Waals surface area (Å²) in [6, 6.07) is 16.8. The Morgan fingerprint density at radius 1 is 1.11 bits per heavy atom. The molecule has 27 heavy (non-hydrogen) atoms. The number of nitrogens with zero attached hydrogens (tertiary/aromatic N) is 2. The summed E-state index contributed by atoms with van der Waals surface area (Å²) in [6.07, 6.45) is 1.78. The molecule has 0 radical (unpaired) electrons. The van der Waals surface area contributed by atoms with Crippen LogP contribution in [0, 0.1) is 5.82 Å². The van der Waals surface area contributed by atoms with Gasteiger partial charge in [0.05, 0.1) is 11.7 Å². The van der Waals surface area contributed by atoms with E-state index in [0.29, 0.717) is 11.3 Å². The lowest BCUT2D eigenvalue weighted by molar-refractivity contribution is -0.122. The maximum Gasteiger partial charge on any atom is 0.267 e. The molecule has 1 atom stereocenters. The Balaban J connectivity index is 1.51. The molecule has 2 aromatic carbocycles. The first-order valence-electron chi connectivity index (χ1n) is 8.81. The average Bonchev–Trinajstić information content (AvgIpc) is 3.07. The zero-order valence-electron chi connectivity index (χ0n) is 14.6. The Labute approximate surface area is 155 Å². The van der Waals surface area contributed by atoms with Gasteiger partial charge in [-0.05, 0) is 54.3 Å². The van der Waals surface area contributed by atoms with Crippen molar-refractivity contribution in [1.29, 1.82) is 0 Å². The van der Waals surface area contributed by atoms with E-state index in [1.165, 1.54) is 23.8 Å². The molecule has 0 fully saturated rings. The molecule has 0 saturated heterocycles. The number of amides is 1. The van der Waals surface area contributed by atoms with Crippen LogP contribution in [0.5, 0.6) is 0 Å². The van der Waals surface area contributed by atoms with Crippen LogP contribution in [0.15, 0.2) is 65.5 Å². The highest BCUT2D eigenvalue weighted by Gasteiger charge is 2.23. The number of aromatic nitrogens is 2. The van der Waals surface area contributed by atoms with Crippen molar-refractivity contribution in [2.24, 2.45) is 0 Å². The first-order chi connectivity index (χ1) is 13.1. The molecule has 1 amide bonds. The van der Waals surface area contributed by atoms with E-state index in [4.69, 9.17) is 0 Å². The molecule has 1 N–H and O–H groups in total. The molecule has 0 unspecified atom stereocenters. The maximum absolute atomic E-state index is 13.1. The van der Waals surface area contributed by atoms with E-state index in [-0.39, 0.29) is 29.9 Å². The quantitative estimate of drug-likeness (QED) is 0.775. The highest BCUT2D eigenvalue weighted by atomic mass is 19.1. The lowest BCUT2D eigenvalue weighted by Crippen LogP contribution is -2.35. The molecule has 5 nitrogen and oxygen atoms in total. The van der Waals surface area contributed by atoms with E-state index in [1.54, 1.807) is 18.2 Å². The number of nitrogens with one attached hydrogen (secondary N) is 1. The Hall–Kier alpha value is -3.28.